The summed E-state index contributed by atoms with van der Waals surface area (Å²) in [6, 6.07) is 6.69. The van der Waals surface area contributed by atoms with Gasteiger partial charge in [0.1, 0.15) is 11.4 Å². The lowest BCUT2D eigenvalue weighted by Crippen LogP contribution is -2.51. The van der Waals surface area contributed by atoms with Crippen molar-refractivity contribution >= 4 is 23.2 Å². The first-order valence-corrected chi connectivity index (χ1v) is 13.0. The van der Waals surface area contributed by atoms with Gasteiger partial charge in [0.2, 0.25) is 0 Å². The Hall–Kier alpha value is -2.79. The number of nitriles is 1. The van der Waals surface area contributed by atoms with E-state index in [4.69, 9.17) is 4.74 Å². The van der Waals surface area contributed by atoms with Crippen LogP contribution >= 0.6 is 11.3 Å². The van der Waals surface area contributed by atoms with E-state index in [0.29, 0.717) is 17.4 Å². The molecule has 3 aliphatic rings. The van der Waals surface area contributed by atoms with Crippen LogP contribution in [0.3, 0.4) is 0 Å². The second kappa shape index (κ2) is 8.70. The fourth-order valence-corrected chi connectivity index (χ4v) is 6.78. The molecule has 0 N–H and O–H groups in total. The van der Waals surface area contributed by atoms with Gasteiger partial charge in [-0.15, -0.1) is 11.3 Å². The van der Waals surface area contributed by atoms with Crippen LogP contribution in [0.5, 0.6) is 0 Å². The number of piperidine rings is 1. The molecular weight excluding hydrogens is 465 g/mol. The van der Waals surface area contributed by atoms with Crippen molar-refractivity contribution in [2.45, 2.75) is 71.1 Å². The van der Waals surface area contributed by atoms with Gasteiger partial charge >= 0.3 is 6.09 Å². The lowest BCUT2D eigenvalue weighted by molar-refractivity contribution is -0.126. The van der Waals surface area contributed by atoms with E-state index in [0.717, 1.165) is 28.3 Å². The van der Waals surface area contributed by atoms with Crippen LogP contribution in [-0.4, -0.2) is 39.4 Å². The number of hydrogen-bond acceptors (Lipinski definition) is 6. The lowest BCUT2D eigenvalue weighted by Gasteiger charge is -2.35. The number of ether oxygens (including phenoxy) is 1. The molecular formula is C27H30FN3O3S. The number of rotatable bonds is 6. The molecule has 2 aliphatic carbocycles. The number of ketones is 1. The topological polar surface area (TPSA) is 83.3 Å². The highest BCUT2D eigenvalue weighted by Crippen LogP contribution is 2.63. The van der Waals surface area contributed by atoms with Gasteiger partial charge in [-0.2, -0.15) is 5.26 Å². The fourth-order valence-electron chi connectivity index (χ4n) is 6.01. The number of hydrogen-bond donors (Lipinski definition) is 0. The van der Waals surface area contributed by atoms with Crippen LogP contribution in [0, 0.1) is 47.7 Å². The third-order valence-electron chi connectivity index (χ3n) is 7.50. The Kier molecular flexibility index (Phi) is 5.95. The molecule has 2 bridgehead atoms. The number of benzene rings is 1. The van der Waals surface area contributed by atoms with Crippen LogP contribution in [-0.2, 0) is 16.0 Å². The number of carbonyl (C=O) groups is 2. The predicted octanol–water partition coefficient (Wildman–Crippen LogP) is 5.54. The normalized spacial score (nSPS) is 27.3. The molecule has 0 radical (unpaired) electrons. The minimum Gasteiger partial charge on any atom is -0.444 e. The van der Waals surface area contributed by atoms with Gasteiger partial charge in [-0.1, -0.05) is 12.1 Å². The summed E-state index contributed by atoms with van der Waals surface area (Å²) >= 11 is 1.49. The van der Waals surface area contributed by atoms with Gasteiger partial charge in [0.05, 0.1) is 27.9 Å². The summed E-state index contributed by atoms with van der Waals surface area (Å²) in [6.45, 7) is 7.35. The molecule has 2 heterocycles. The zero-order valence-electron chi connectivity index (χ0n) is 20.5. The summed E-state index contributed by atoms with van der Waals surface area (Å²) in [6.07, 6.45) is 3.31. The van der Waals surface area contributed by atoms with Gasteiger partial charge in [-0.3, -0.25) is 9.69 Å². The van der Waals surface area contributed by atoms with Crippen molar-refractivity contribution in [1.29, 1.82) is 5.26 Å². The van der Waals surface area contributed by atoms with Gasteiger partial charge in [0.25, 0.3) is 0 Å². The molecule has 2 aromatic rings. The quantitative estimate of drug-likeness (QED) is 0.525. The standard InChI is InChI=1S/C27H30FN3O3S/c1-14-30-13-24(35-14)17-6-5-16(21(28)9-17)7-15(12-29)8-23(32)25-20-11-22(19-10-18(19)20)31(25)26(33)34-27(2,3)4/h5-6,9,13,15,18-20,22,25H,7-8,10-11H2,1-4H3/t15-,18-,19+,20-,22+,25+/m1/s1. The van der Waals surface area contributed by atoms with Crippen LogP contribution in [0.2, 0.25) is 0 Å². The first-order chi connectivity index (χ1) is 16.6. The fraction of sp³-hybridized carbons (Fsp3) is 0.556. The van der Waals surface area contributed by atoms with Gasteiger partial charge in [0.15, 0.2) is 5.78 Å². The lowest BCUT2D eigenvalue weighted by atomic mass is 9.87. The second-order valence-corrected chi connectivity index (χ2v) is 12.3. The highest BCUT2D eigenvalue weighted by atomic mass is 32.1. The monoisotopic (exact) mass is 495 g/mol. The van der Waals surface area contributed by atoms with Crippen molar-refractivity contribution in [2.75, 3.05) is 0 Å². The molecule has 0 spiro atoms. The molecule has 0 unspecified atom stereocenters. The van der Waals surface area contributed by atoms with Crippen molar-refractivity contribution in [3.8, 4) is 16.5 Å². The molecule has 1 saturated heterocycles. The Balaban J connectivity index is 1.29. The number of nitrogens with zero attached hydrogens (tertiary/aromatic N) is 3. The van der Waals surface area contributed by atoms with E-state index in [1.54, 1.807) is 17.2 Å². The molecule has 1 amide bonds. The maximum absolute atomic E-state index is 14.9. The summed E-state index contributed by atoms with van der Waals surface area (Å²) in [7, 11) is 0. The molecule has 6 atom stereocenters. The van der Waals surface area contributed by atoms with Gasteiger partial charge in [-0.05, 0) is 81.9 Å². The Labute approximate surface area is 209 Å². The van der Waals surface area contributed by atoms with Crippen LogP contribution in [0.1, 0.15) is 50.6 Å². The number of likely N-dealkylation sites (tertiary alicyclic amines) is 1. The highest BCUT2D eigenvalue weighted by Gasteiger charge is 2.67. The molecule has 35 heavy (non-hydrogen) atoms. The van der Waals surface area contributed by atoms with E-state index in [1.807, 2.05) is 33.8 Å². The smallest absolute Gasteiger partial charge is 0.411 e. The van der Waals surface area contributed by atoms with Crippen molar-refractivity contribution in [3.05, 3.63) is 40.8 Å². The minimum atomic E-state index is -0.664. The Morgan fingerprint density at radius 3 is 2.69 bits per heavy atom. The van der Waals surface area contributed by atoms with Crippen molar-refractivity contribution in [3.63, 3.8) is 0 Å². The molecule has 2 saturated carbocycles. The van der Waals surface area contributed by atoms with E-state index in [1.165, 1.54) is 17.4 Å². The van der Waals surface area contributed by atoms with Gasteiger partial charge < -0.3 is 4.74 Å². The number of carbonyl (C=O) groups excluding carboxylic acids is 2. The van der Waals surface area contributed by atoms with Crippen LogP contribution in [0.15, 0.2) is 24.4 Å². The number of amides is 1. The Morgan fingerprint density at radius 1 is 1.29 bits per heavy atom. The van der Waals surface area contributed by atoms with E-state index >= 15 is 0 Å². The van der Waals surface area contributed by atoms with E-state index in [9.17, 15) is 19.2 Å². The van der Waals surface area contributed by atoms with Gasteiger partial charge in [-0.25, -0.2) is 14.2 Å². The average molecular weight is 496 g/mol. The van der Waals surface area contributed by atoms with Crippen molar-refractivity contribution < 1.29 is 18.7 Å². The number of fused-ring (bicyclic) bond motifs is 5. The SMILES string of the molecule is Cc1ncc(-c2ccc(C[C@@H](C#N)CC(=O)[C@@H]3[C@@H]4C[C@@H]([C@H]5C[C@@H]45)N3C(=O)OC(C)(C)C)c(F)c2)s1. The predicted molar refractivity (Wildman–Crippen MR) is 130 cm³/mol. The number of thiazole rings is 1. The summed E-state index contributed by atoms with van der Waals surface area (Å²) in [5, 5.41) is 10.7. The van der Waals surface area contributed by atoms with Crippen molar-refractivity contribution in [1.82, 2.24) is 9.88 Å². The summed E-state index contributed by atoms with van der Waals surface area (Å²) in [5.41, 5.74) is 0.510. The van der Waals surface area contributed by atoms with Gasteiger partial charge in [0, 0.05) is 18.7 Å². The maximum atomic E-state index is 14.9. The average Bonchev–Trinajstić information content (AvgIpc) is 3.14. The molecule has 1 aromatic carbocycles. The second-order valence-electron chi connectivity index (χ2n) is 11.1. The zero-order valence-corrected chi connectivity index (χ0v) is 21.3. The number of aryl methyl sites for hydroxylation is 1. The van der Waals surface area contributed by atoms with Crippen LogP contribution in [0.25, 0.3) is 10.4 Å². The molecule has 184 valence electrons. The summed E-state index contributed by atoms with van der Waals surface area (Å²) < 4.78 is 20.5. The third-order valence-corrected chi connectivity index (χ3v) is 8.46. The molecule has 8 heteroatoms. The number of aromatic nitrogens is 1. The first kappa shape index (κ1) is 23.9. The van der Waals surface area contributed by atoms with E-state index in [-0.39, 0.29) is 30.6 Å². The molecule has 1 aliphatic heterocycles. The van der Waals surface area contributed by atoms with Crippen LogP contribution in [0.4, 0.5) is 9.18 Å². The first-order valence-electron chi connectivity index (χ1n) is 12.2. The van der Waals surface area contributed by atoms with E-state index < -0.39 is 29.5 Å². The molecule has 1 aromatic heterocycles. The number of halogens is 1. The largest absolute Gasteiger partial charge is 0.444 e. The molecule has 5 rings (SSSR count). The number of Topliss-reactive ketones (excluding diaryl/α,β-unsaturated/α-hetero) is 1. The van der Waals surface area contributed by atoms with E-state index in [2.05, 4.69) is 11.1 Å². The highest BCUT2D eigenvalue weighted by molar-refractivity contribution is 7.15. The Bertz CT molecular complexity index is 1210. The maximum Gasteiger partial charge on any atom is 0.411 e. The zero-order chi connectivity index (χ0) is 25.1. The van der Waals surface area contributed by atoms with Crippen molar-refractivity contribution in [2.24, 2.45) is 23.7 Å². The third kappa shape index (κ3) is 4.58. The summed E-state index contributed by atoms with van der Waals surface area (Å²) in [5.74, 6) is -0.0621. The Morgan fingerprint density at radius 2 is 2.06 bits per heavy atom. The molecule has 6 nitrogen and oxygen atoms in total. The molecule has 3 fully saturated rings. The van der Waals surface area contributed by atoms with Crippen LogP contribution < -0.4 is 0 Å². The summed E-state index contributed by atoms with van der Waals surface area (Å²) in [4.78, 5) is 33.2. The minimum absolute atomic E-state index is 0.00367.